The molecule has 3 saturated heterocycles. The van der Waals surface area contributed by atoms with Crippen molar-refractivity contribution in [1.29, 1.82) is 0 Å². The van der Waals surface area contributed by atoms with Gasteiger partial charge in [0.15, 0.2) is 71.0 Å². The van der Waals surface area contributed by atoms with Gasteiger partial charge in [0.25, 0.3) is 0 Å². The predicted molar refractivity (Wildman–Crippen MR) is 507 cm³/mol. The quantitative estimate of drug-likeness (QED) is 0.0105. The Morgan fingerprint density at radius 1 is 0.787 bits per heavy atom. The molecule has 2 aromatic heterocycles. The number of aliphatic carboxylic acids is 1. The molecule has 20 atom stereocenters. The number of aliphatic hydroxyl groups excluding tert-OH is 6. The molecule has 10 heterocycles. The van der Waals surface area contributed by atoms with Crippen molar-refractivity contribution >= 4 is 133 Å². The number of hydrogen-bond acceptors (Lipinski definition) is 36. The van der Waals surface area contributed by atoms with Gasteiger partial charge < -0.3 is 144 Å². The Hall–Kier alpha value is -11.8. The Bertz CT molecular complexity index is 5940. The molecule has 7 amide bonds. The Balaban J connectivity index is 0.000000271. The number of amides is 7. The van der Waals surface area contributed by atoms with E-state index in [-0.39, 0.29) is 144 Å². The van der Waals surface area contributed by atoms with Gasteiger partial charge in [-0.25, -0.2) is 9.55 Å². The lowest BCUT2D eigenvalue weighted by molar-refractivity contribution is -0.689. The third-order valence-corrected chi connectivity index (χ3v) is 27.5. The number of thiazole rings is 1. The number of thioether (sulfide) groups is 1. The third kappa shape index (κ3) is 25.3. The number of ketones is 3. The molecular weight excluding hydrogens is 1940 g/mol. The van der Waals surface area contributed by atoms with Gasteiger partial charge in [-0.15, -0.1) is 11.8 Å². The van der Waals surface area contributed by atoms with Crippen LogP contribution in [0, 0.1) is 30.6 Å². The average Bonchev–Trinajstić information content (AvgIpc) is 0.972. The molecule has 5 aromatic carbocycles. The van der Waals surface area contributed by atoms with Gasteiger partial charge in [-0.3, -0.25) is 52.8 Å². The van der Waals surface area contributed by atoms with Crippen LogP contribution in [0.4, 0.5) is 5.13 Å². The van der Waals surface area contributed by atoms with Gasteiger partial charge in [0, 0.05) is 104 Å². The van der Waals surface area contributed by atoms with E-state index in [1.165, 1.54) is 112 Å². The average molecular weight is 2060 g/mol. The van der Waals surface area contributed by atoms with Crippen molar-refractivity contribution in [2.75, 3.05) is 52.4 Å². The van der Waals surface area contributed by atoms with Crippen LogP contribution in [0.25, 0.3) is 11.1 Å². The number of carboxylic acid groups (broad SMARTS) is 1. The zero-order chi connectivity index (χ0) is 103. The molecule has 0 aliphatic carbocycles. The Labute approximate surface area is 831 Å². The number of carbonyl (C=O) groups is 11. The number of carboxylic acids is 1. The number of pyridine rings is 1. The van der Waals surface area contributed by atoms with Crippen LogP contribution in [0.5, 0.6) is 46.0 Å². The van der Waals surface area contributed by atoms with Gasteiger partial charge in [0.05, 0.1) is 63.8 Å². The van der Waals surface area contributed by atoms with Crippen molar-refractivity contribution in [1.82, 2.24) is 47.1 Å². The molecule has 1 unspecified atom stereocenters. The van der Waals surface area contributed by atoms with E-state index in [9.17, 15) is 99.0 Å². The summed E-state index contributed by atoms with van der Waals surface area (Å²) in [6.45, 7) is 9.32. The highest BCUT2D eigenvalue weighted by atomic mass is 35.5. The first kappa shape index (κ1) is 108. The number of primary amides is 1. The number of nitrogens with two attached hydrogens (primary N) is 3. The minimum atomic E-state index is -1.93. The number of anilines is 1. The van der Waals surface area contributed by atoms with Crippen LogP contribution in [-0.4, -0.2) is 251 Å². The predicted octanol–water partition coefficient (Wildman–Crippen LogP) is 2.78. The molecule has 141 heavy (non-hydrogen) atoms. The fourth-order valence-electron chi connectivity index (χ4n) is 17.1. The summed E-state index contributed by atoms with van der Waals surface area (Å²) >= 11 is 22.5. The van der Waals surface area contributed by atoms with Crippen molar-refractivity contribution in [3.8, 4) is 57.1 Å². The maximum absolute atomic E-state index is 15.1. The fraction of sp³-hybridized carbons (Fsp3) is 0.447. The lowest BCUT2D eigenvalue weighted by atomic mass is 9.86. The van der Waals surface area contributed by atoms with Crippen LogP contribution in [0.2, 0.25) is 14.4 Å². The number of carbonyl (C=O) groups excluding carboxylic acids is 11. The Kier molecular flexibility index (Phi) is 36.0. The molecule has 15 rings (SSSR count). The van der Waals surface area contributed by atoms with Crippen molar-refractivity contribution in [3.63, 3.8) is 0 Å². The van der Waals surface area contributed by atoms with Gasteiger partial charge in [-0.05, 0) is 124 Å². The topological polar surface area (TPSA) is 652 Å². The first-order valence-corrected chi connectivity index (χ1v) is 47.8. The van der Waals surface area contributed by atoms with Crippen molar-refractivity contribution in [3.05, 3.63) is 169 Å². The maximum atomic E-state index is 15.1. The molecular formula is C94H111Cl3N14O28S2. The zero-order valence-electron chi connectivity index (χ0n) is 77.7. The molecule has 8 aliphatic rings. The summed E-state index contributed by atoms with van der Waals surface area (Å²) in [4.78, 5) is 162. The molecule has 7 aromatic rings. The van der Waals surface area contributed by atoms with E-state index in [4.69, 9.17) is 85.3 Å². The normalized spacial score (nSPS) is 25.8. The molecule has 42 nitrogen and oxygen atoms in total. The highest BCUT2D eigenvalue weighted by Gasteiger charge is 2.55. The maximum Gasteiger partial charge on any atom is 0.245 e. The number of phenols is 3. The number of β-lactam (4-membered cyclic amide) rings is 1. The standard InChI is InChI=1S/C56H73Cl2N7O19.C38H38ClN7O9S2/c1-22(2)12-31(61-6)53(77)64-42-33(68)16-28(19-39(59)69)52(76)63-41-27-17-36(80-34-10-8-25(44(42)70)14-29(34)57)48(84-55-49(47(73)46(72)38(21-66)82-55)83-40-20-56(5,60)50(74)24(4)79-40)37(18-27)81-35-11-9-26(15-30(35)58)45(71)43(54(78)62-7)65-51(75)23(3)13-32(41)67;1-19-7-8-25(48)22(13-19)28-23(14-21(47)15-26(28)49)29(41-2)34(51)42-9-6-12-55-44-30(31-33(39)57-38(40)43-31)27(50)16-24-35(52)46-32(37(53)54)20(18-56-36(24)46)17-45-10-4-3-5-11-45/h8-11,14-15,17-18,22-24,28,31,38,40-47,49-50,55,61,66,70-74H,12-13,16,19-21,60H2,1-7H3,(H2,59,69)(H,62,78)(H,63,76)(H,64,77)(H,65,75);3-5,7-8,10-11,13-15,24,29,36,41H,6,9,12,16-18H2,1-2H3,(H6-,40,42,43,44,47,48,49,50,51,53,54)/t23-,24-,28-,31+,38+,40-,41+,42?,43-,44+,45+,46+,47-,49+,50+,55-,56-;24-,29+,36-/m01/s1. The number of aromatic nitrogens is 2. The number of oxime groups is 1. The van der Waals surface area contributed by atoms with E-state index in [2.05, 4.69) is 47.4 Å². The van der Waals surface area contributed by atoms with Crippen molar-refractivity contribution in [2.24, 2.45) is 40.3 Å². The number of Topliss-reactive ketones (excluding diaryl/α,β-unsaturated/α-hetero) is 3. The largest absolute Gasteiger partial charge is 0.543 e. The highest BCUT2D eigenvalue weighted by Crippen LogP contribution is 2.51. The SMILES string of the molecule is CNC(=O)[C@H]1NC(=O)[C@@H](C)CC(=O)[C@@H]2NC(=O)[C@H](CC(N)=O)CC(=O)C(NC(=O)[C@@H](CC(C)C)NC)[C@H](O)c3ccc(c(Cl)c3)Oc3cc2cc(c3O[C@@H]2O[C@H](CO)[C@@H](O)[C@H](O)[C@H]2O[C@H]2C[C@](C)(N)[C@H](O)[C@H](C)O2)Oc2ccc(cc2Cl)[C@H]1O.CN[C@H](C(=O)NCCCO/N=C(\C(=O)C[C@@H]1C(=O)N2C(C(=O)[O-])=C(C[n+]3ccccc3)CS[C@H]12)c1nc(N)sc1Cl)c1cc(O)cc(O)c1-c1cc(C)ccc1O. The summed E-state index contributed by atoms with van der Waals surface area (Å²) < 4.78 is 39.9. The second kappa shape index (κ2) is 46.9. The van der Waals surface area contributed by atoms with Gasteiger partial charge in [-0.2, -0.15) is 0 Å². The number of aliphatic hydroxyl groups is 6. The van der Waals surface area contributed by atoms with E-state index < -0.39 is 228 Å². The van der Waals surface area contributed by atoms with E-state index in [1.54, 1.807) is 48.1 Å². The first-order valence-electron chi connectivity index (χ1n) is 44.8. The minimum Gasteiger partial charge on any atom is -0.543 e. The number of aromatic hydroxyl groups is 3. The summed E-state index contributed by atoms with van der Waals surface area (Å²) in [7, 11) is 4.32. The summed E-state index contributed by atoms with van der Waals surface area (Å²) in [6.07, 6.45) is -14.8. The Morgan fingerprint density at radius 2 is 1.45 bits per heavy atom. The van der Waals surface area contributed by atoms with E-state index in [1.807, 2.05) is 26.8 Å². The van der Waals surface area contributed by atoms with Crippen LogP contribution in [0.1, 0.15) is 137 Å². The lowest BCUT2D eigenvalue weighted by Crippen LogP contribution is -2.64. The highest BCUT2D eigenvalue weighted by molar-refractivity contribution is 8.00. The van der Waals surface area contributed by atoms with Gasteiger partial charge >= 0.3 is 0 Å². The number of fused-ring (bicyclic) bond motifs is 17. The van der Waals surface area contributed by atoms with Crippen molar-refractivity contribution < 1.29 is 142 Å². The number of nitrogens with zero attached hydrogens (tertiary/aromatic N) is 4. The first-order chi connectivity index (χ1) is 66.8. The smallest absolute Gasteiger partial charge is 0.245 e. The third-order valence-electron chi connectivity index (χ3n) is 24.5. The summed E-state index contributed by atoms with van der Waals surface area (Å²) in [5, 5.41) is 134. The molecule has 0 saturated carbocycles. The summed E-state index contributed by atoms with van der Waals surface area (Å²) in [6, 6.07) is 15.4. The number of phenolic OH excluding ortho intramolecular Hbond substituents is 3. The fourth-order valence-corrected chi connectivity index (χ4v) is 19.9. The zero-order valence-corrected chi connectivity index (χ0v) is 81.6. The van der Waals surface area contributed by atoms with E-state index >= 15 is 4.79 Å². The molecule has 47 heteroatoms. The number of halogens is 3. The lowest BCUT2D eigenvalue weighted by Gasteiger charge is -2.50. The number of ether oxygens (including phenoxy) is 6. The monoisotopic (exact) mass is 2050 g/mol. The van der Waals surface area contributed by atoms with Crippen LogP contribution in [0.3, 0.4) is 0 Å². The number of rotatable bonds is 29. The number of nitrogens with one attached hydrogen (secondary N) is 7. The number of hydrogen-bond donors (Lipinski definition) is 19. The molecule has 8 aliphatic heterocycles. The second-order valence-electron chi connectivity index (χ2n) is 35.5. The number of likely N-dealkylation sites (N-methyl/N-ethyl adjacent to an activating group) is 3. The van der Waals surface area contributed by atoms with Gasteiger partial charge in [-0.1, -0.05) is 102 Å². The van der Waals surface area contributed by atoms with Crippen LogP contribution >= 0.6 is 57.9 Å². The Morgan fingerprint density at radius 3 is 2.05 bits per heavy atom. The minimum absolute atomic E-state index is 0.00924. The molecule has 3 fully saturated rings. The van der Waals surface area contributed by atoms with E-state index in [0.29, 0.717) is 17.7 Å². The molecule has 22 N–H and O–H groups in total. The molecule has 758 valence electrons. The second-order valence-corrected chi connectivity index (χ2v) is 39.0. The molecule has 7 bridgehead atoms. The summed E-state index contributed by atoms with van der Waals surface area (Å²) in [5.74, 6) is -15.9. The van der Waals surface area contributed by atoms with Crippen LogP contribution < -0.4 is 78.3 Å². The van der Waals surface area contributed by atoms with Crippen molar-refractivity contribution in [2.45, 2.75) is 196 Å². The van der Waals surface area contributed by atoms with Crippen LogP contribution in [0.15, 0.2) is 126 Å². The number of nitrogen functional groups attached to an aromatic ring is 1. The number of benzene rings is 5. The molecule has 0 spiro atoms. The van der Waals surface area contributed by atoms with E-state index in [0.717, 1.165) is 23.0 Å². The number of aryl methyl sites for hydroxylation is 1. The van der Waals surface area contributed by atoms with Gasteiger partial charge in [0.1, 0.15) is 100 Å². The summed E-state index contributed by atoms with van der Waals surface area (Å²) in [5.41, 5.74) is 17.9. The molecule has 0 radical (unpaired) electrons. The van der Waals surface area contributed by atoms with Gasteiger partial charge in [0.2, 0.25) is 53.4 Å². The van der Waals surface area contributed by atoms with Crippen LogP contribution in [-0.2, 0) is 78.3 Å².